The molecule has 2 aromatic rings. The Morgan fingerprint density at radius 2 is 0.957 bits per heavy atom. The van der Waals surface area contributed by atoms with Gasteiger partial charge < -0.3 is 25.5 Å². The van der Waals surface area contributed by atoms with Crippen molar-refractivity contribution in [2.45, 2.75) is 13.3 Å². The van der Waals surface area contributed by atoms with Gasteiger partial charge in [-0.1, -0.05) is 31.2 Å². The fourth-order valence-electron chi connectivity index (χ4n) is 1.61. The van der Waals surface area contributed by atoms with Crippen LogP contribution < -0.4 is 0 Å². The molecule has 5 nitrogen and oxygen atoms in total. The fraction of sp³-hybridized carbons (Fsp3) is 0.333. The van der Waals surface area contributed by atoms with E-state index >= 15 is 0 Å². The molecule has 0 saturated heterocycles. The highest BCUT2D eigenvalue weighted by molar-refractivity contribution is 5.32. The van der Waals surface area contributed by atoms with Crippen LogP contribution in [-0.2, 0) is 6.42 Å². The molecule has 5 N–H and O–H groups in total. The fourth-order valence-corrected chi connectivity index (χ4v) is 1.61. The average molecular weight is 320 g/mol. The van der Waals surface area contributed by atoms with Gasteiger partial charge in [-0.05, 0) is 41.8 Å². The van der Waals surface area contributed by atoms with Gasteiger partial charge in [0.15, 0.2) is 0 Å². The molecule has 0 unspecified atom stereocenters. The van der Waals surface area contributed by atoms with Crippen molar-refractivity contribution in [3.05, 3.63) is 59.7 Å². The first-order valence-corrected chi connectivity index (χ1v) is 7.31. The molecule has 23 heavy (non-hydrogen) atoms. The molecule has 0 aliphatic carbocycles. The molecule has 0 saturated carbocycles. The number of hydrogen-bond donors (Lipinski definition) is 5. The molecular weight excluding hydrogens is 296 g/mol. The number of aliphatic hydroxyl groups is 3. The quantitative estimate of drug-likeness (QED) is 0.577. The number of aliphatic hydroxyl groups excluding tert-OH is 3. The van der Waals surface area contributed by atoms with Crippen molar-refractivity contribution >= 4 is 0 Å². The van der Waals surface area contributed by atoms with Gasteiger partial charge in [0.1, 0.15) is 11.5 Å². The number of aromatic hydroxyl groups is 2. The smallest absolute Gasteiger partial charge is 0.115 e. The van der Waals surface area contributed by atoms with E-state index in [1.807, 2.05) is 24.3 Å². The van der Waals surface area contributed by atoms with Gasteiger partial charge in [0, 0.05) is 5.41 Å². The first-order valence-electron chi connectivity index (χ1n) is 7.31. The molecule has 0 spiro atoms. The summed E-state index contributed by atoms with van der Waals surface area (Å²) in [4.78, 5) is 0. The first-order chi connectivity index (χ1) is 10.9. The van der Waals surface area contributed by atoms with Crippen molar-refractivity contribution in [3.63, 3.8) is 0 Å². The van der Waals surface area contributed by atoms with E-state index < -0.39 is 5.41 Å². The first kappa shape index (κ1) is 19.0. The van der Waals surface area contributed by atoms with E-state index in [-0.39, 0.29) is 31.3 Å². The van der Waals surface area contributed by atoms with Crippen LogP contribution in [0, 0.1) is 5.41 Å². The van der Waals surface area contributed by atoms with E-state index in [1.54, 1.807) is 31.2 Å². The minimum atomic E-state index is -0.708. The molecule has 0 aliphatic heterocycles. The van der Waals surface area contributed by atoms with Crippen molar-refractivity contribution in [1.82, 2.24) is 0 Å². The Labute approximate surface area is 136 Å². The molecule has 0 fully saturated rings. The topological polar surface area (TPSA) is 101 Å². The molecule has 0 aliphatic rings. The van der Waals surface area contributed by atoms with Crippen molar-refractivity contribution in [1.29, 1.82) is 0 Å². The lowest BCUT2D eigenvalue weighted by atomic mass is 9.95. The summed E-state index contributed by atoms with van der Waals surface area (Å²) in [5.74, 6) is 0.564. The van der Waals surface area contributed by atoms with Gasteiger partial charge in [0.25, 0.3) is 0 Å². The normalized spacial score (nSPS) is 10.8. The summed E-state index contributed by atoms with van der Waals surface area (Å²) in [6, 6.07) is 14.3. The molecule has 0 amide bonds. The average Bonchev–Trinajstić information content (AvgIpc) is 2.59. The van der Waals surface area contributed by atoms with Crippen LogP contribution in [0.2, 0.25) is 0 Å². The van der Waals surface area contributed by atoms with Gasteiger partial charge in [0.05, 0.1) is 19.8 Å². The Hall–Kier alpha value is -2.08. The van der Waals surface area contributed by atoms with Crippen LogP contribution in [-0.4, -0.2) is 45.4 Å². The minimum absolute atomic E-state index is 0.181. The summed E-state index contributed by atoms with van der Waals surface area (Å²) in [5, 5.41) is 43.6. The molecule has 0 radical (unpaired) electrons. The maximum atomic E-state index is 9.13. The van der Waals surface area contributed by atoms with E-state index in [2.05, 4.69) is 0 Å². The van der Waals surface area contributed by atoms with Gasteiger partial charge in [0.2, 0.25) is 0 Å². The Morgan fingerprint density at radius 3 is 1.17 bits per heavy atom. The van der Waals surface area contributed by atoms with Crippen LogP contribution in [0.5, 0.6) is 11.5 Å². The zero-order chi connectivity index (χ0) is 17.3. The molecule has 0 aromatic heterocycles. The van der Waals surface area contributed by atoms with Gasteiger partial charge in [-0.25, -0.2) is 0 Å². The Morgan fingerprint density at radius 1 is 0.652 bits per heavy atom. The van der Waals surface area contributed by atoms with Crippen LogP contribution in [0.4, 0.5) is 0 Å². The highest BCUT2D eigenvalue weighted by Gasteiger charge is 2.20. The Kier molecular flexibility index (Phi) is 7.54. The molecule has 0 heterocycles. The minimum Gasteiger partial charge on any atom is -0.508 e. The molecule has 126 valence electrons. The number of hydrogen-bond acceptors (Lipinski definition) is 5. The van der Waals surface area contributed by atoms with Crippen molar-refractivity contribution < 1.29 is 25.5 Å². The Bertz CT molecular complexity index is 507. The molecule has 0 atom stereocenters. The van der Waals surface area contributed by atoms with E-state index in [0.717, 1.165) is 17.5 Å². The van der Waals surface area contributed by atoms with Crippen molar-refractivity contribution in [2.24, 2.45) is 5.41 Å². The molecule has 2 aromatic carbocycles. The van der Waals surface area contributed by atoms with E-state index in [1.165, 1.54) is 0 Å². The van der Waals surface area contributed by atoms with Crippen LogP contribution in [0.25, 0.3) is 0 Å². The third kappa shape index (κ3) is 6.69. The van der Waals surface area contributed by atoms with E-state index in [4.69, 9.17) is 25.5 Å². The summed E-state index contributed by atoms with van der Waals surface area (Å²) >= 11 is 0. The monoisotopic (exact) mass is 320 g/mol. The maximum Gasteiger partial charge on any atom is 0.115 e. The van der Waals surface area contributed by atoms with Gasteiger partial charge >= 0.3 is 0 Å². The zero-order valence-electron chi connectivity index (χ0n) is 13.2. The lowest BCUT2D eigenvalue weighted by Gasteiger charge is -2.20. The van der Waals surface area contributed by atoms with Gasteiger partial charge in [-0.15, -0.1) is 0 Å². The second-order valence-electron chi connectivity index (χ2n) is 5.79. The summed E-state index contributed by atoms with van der Waals surface area (Å²) in [6.07, 6.45) is 0.806. The summed E-state index contributed by atoms with van der Waals surface area (Å²) < 4.78 is 0. The lowest BCUT2D eigenvalue weighted by Crippen LogP contribution is -2.29. The molecule has 2 rings (SSSR count). The largest absolute Gasteiger partial charge is 0.508 e. The molecule has 0 bridgehead atoms. The summed E-state index contributed by atoms with van der Waals surface area (Å²) in [7, 11) is 0. The second-order valence-corrected chi connectivity index (χ2v) is 5.79. The molecular formula is C18H24O5. The van der Waals surface area contributed by atoms with Crippen LogP contribution in [0.15, 0.2) is 48.5 Å². The number of phenols is 2. The third-order valence-electron chi connectivity index (χ3n) is 3.43. The van der Waals surface area contributed by atoms with Crippen LogP contribution >= 0.6 is 0 Å². The SMILES string of the molecule is CC(CO)(CO)CO.Oc1ccc(Cc2ccc(O)cc2)cc1. The second kappa shape index (κ2) is 9.15. The van der Waals surface area contributed by atoms with Crippen molar-refractivity contribution in [2.75, 3.05) is 19.8 Å². The summed E-state index contributed by atoms with van der Waals surface area (Å²) in [5.41, 5.74) is 1.57. The number of phenolic OH excluding ortho intramolecular Hbond substituents is 2. The van der Waals surface area contributed by atoms with Crippen LogP contribution in [0.1, 0.15) is 18.1 Å². The predicted molar refractivity (Wildman–Crippen MR) is 88.4 cm³/mol. The van der Waals surface area contributed by atoms with Gasteiger partial charge in [-0.2, -0.15) is 0 Å². The number of rotatable bonds is 5. The maximum absolute atomic E-state index is 9.13. The zero-order valence-corrected chi connectivity index (χ0v) is 13.2. The summed E-state index contributed by atoms with van der Waals surface area (Å²) in [6.45, 7) is 1.06. The predicted octanol–water partition coefficient (Wildman–Crippen LogP) is 1.66. The lowest BCUT2D eigenvalue weighted by molar-refractivity contribution is 0.0200. The highest BCUT2D eigenvalue weighted by atomic mass is 16.3. The van der Waals surface area contributed by atoms with Crippen LogP contribution in [0.3, 0.4) is 0 Å². The third-order valence-corrected chi connectivity index (χ3v) is 3.43. The standard InChI is InChI=1S/C13H12O2.C5H12O3/c14-12-5-1-10(2-6-12)9-11-3-7-13(15)8-4-11;1-5(2-6,3-7)4-8/h1-8,14-15H,9H2;6-8H,2-4H2,1H3. The van der Waals surface area contributed by atoms with Crippen molar-refractivity contribution in [3.8, 4) is 11.5 Å². The van der Waals surface area contributed by atoms with E-state index in [9.17, 15) is 0 Å². The van der Waals surface area contributed by atoms with E-state index in [0.29, 0.717) is 0 Å². The van der Waals surface area contributed by atoms with Gasteiger partial charge in [-0.3, -0.25) is 0 Å². The highest BCUT2D eigenvalue weighted by Crippen LogP contribution is 2.16. The molecule has 5 heteroatoms. The number of benzene rings is 2. The Balaban J connectivity index is 0.000000284.